The molecule has 0 aliphatic heterocycles. The monoisotopic (exact) mass is 241 g/mol. The van der Waals surface area contributed by atoms with E-state index in [4.69, 9.17) is 14.8 Å². The minimum Gasteiger partial charge on any atom is -0.480 e. The molecule has 0 bridgehead atoms. The van der Waals surface area contributed by atoms with E-state index < -0.39 is 47.4 Å². The van der Waals surface area contributed by atoms with Crippen LogP contribution in [-0.4, -0.2) is 65.4 Å². The average Bonchev–Trinajstić information content (AvgIpc) is 2.09. The van der Waals surface area contributed by atoms with E-state index in [1.165, 1.54) is 0 Å². The molecule has 8 nitrogen and oxygen atoms in total. The zero-order chi connectivity index (χ0) is 12.1. The molecule has 0 aliphatic carbocycles. The first-order valence-corrected chi connectivity index (χ1v) is 5.42. The molecule has 9 heteroatoms. The number of carboxylic acids is 1. The number of carboxylic acid groups (broad SMARTS) is 1. The van der Waals surface area contributed by atoms with Crippen molar-refractivity contribution in [2.45, 2.75) is 0 Å². The minimum absolute atomic E-state index is 0.482. The zero-order valence-electron chi connectivity index (χ0n) is 7.66. The van der Waals surface area contributed by atoms with Gasteiger partial charge in [0.25, 0.3) is 10.1 Å². The molecule has 1 amide bonds. The molecule has 0 atom stereocenters. The molecule has 0 fully saturated rings. The molecule has 0 saturated heterocycles. The van der Waals surface area contributed by atoms with Gasteiger partial charge in [0.05, 0.1) is 5.75 Å². The van der Waals surface area contributed by atoms with Crippen LogP contribution >= 0.6 is 0 Å². The highest BCUT2D eigenvalue weighted by molar-refractivity contribution is 7.85. The number of carbonyl (C=O) groups excluding carboxylic acids is 1. The minimum atomic E-state index is -4.27. The molecule has 0 spiro atoms. The molecule has 88 valence electrons. The number of amides is 1. The Labute approximate surface area is 85.9 Å². The molecule has 0 aromatic carbocycles. The summed E-state index contributed by atoms with van der Waals surface area (Å²) in [4.78, 5) is 21.8. The van der Waals surface area contributed by atoms with E-state index in [0.717, 1.165) is 0 Å². The van der Waals surface area contributed by atoms with Crippen LogP contribution in [0.15, 0.2) is 0 Å². The second kappa shape index (κ2) is 5.63. The van der Waals surface area contributed by atoms with Crippen LogP contribution in [0.1, 0.15) is 0 Å². The fourth-order valence-electron chi connectivity index (χ4n) is 0.781. The topological polar surface area (TPSA) is 132 Å². The fourth-order valence-corrected chi connectivity index (χ4v) is 1.23. The third-order valence-corrected chi connectivity index (χ3v) is 2.13. The van der Waals surface area contributed by atoms with Crippen LogP contribution < -0.4 is 0 Å². The second-order valence-corrected chi connectivity index (χ2v) is 4.23. The number of aliphatic hydroxyl groups excluding tert-OH is 1. The average molecular weight is 241 g/mol. The van der Waals surface area contributed by atoms with Gasteiger partial charge in [0, 0.05) is 6.54 Å². The van der Waals surface area contributed by atoms with Crippen molar-refractivity contribution in [2.75, 3.05) is 25.4 Å². The zero-order valence-corrected chi connectivity index (χ0v) is 8.48. The quantitative estimate of drug-likeness (QED) is 0.448. The Kier molecular flexibility index (Phi) is 5.19. The van der Waals surface area contributed by atoms with Crippen molar-refractivity contribution in [3.05, 3.63) is 0 Å². The lowest BCUT2D eigenvalue weighted by Gasteiger charge is -2.18. The Bertz CT molecular complexity index is 335. The summed E-state index contributed by atoms with van der Waals surface area (Å²) in [7, 11) is -4.27. The van der Waals surface area contributed by atoms with Gasteiger partial charge in [-0.05, 0) is 0 Å². The van der Waals surface area contributed by atoms with Crippen molar-refractivity contribution in [1.82, 2.24) is 4.90 Å². The standard InChI is InChI=1S/C6H11NO7S/c8-4-5(9)7(3-6(10)11)1-2-15(12,13)14/h8H,1-4H2,(H,10,11)(H,12,13,14). The SMILES string of the molecule is O=C(O)CN(CCS(=O)(=O)O)C(=O)CO. The third-order valence-electron chi connectivity index (χ3n) is 1.43. The summed E-state index contributed by atoms with van der Waals surface area (Å²) in [5.74, 6) is -3.03. The molecule has 15 heavy (non-hydrogen) atoms. The lowest BCUT2D eigenvalue weighted by molar-refractivity contribution is -0.145. The lowest BCUT2D eigenvalue weighted by Crippen LogP contribution is -2.40. The van der Waals surface area contributed by atoms with Crippen molar-refractivity contribution >= 4 is 22.0 Å². The largest absolute Gasteiger partial charge is 0.480 e. The highest BCUT2D eigenvalue weighted by atomic mass is 32.2. The van der Waals surface area contributed by atoms with Gasteiger partial charge in [0.2, 0.25) is 5.91 Å². The van der Waals surface area contributed by atoms with Gasteiger partial charge in [-0.2, -0.15) is 8.42 Å². The van der Waals surface area contributed by atoms with Crippen molar-refractivity contribution in [3.63, 3.8) is 0 Å². The van der Waals surface area contributed by atoms with Crippen LogP contribution in [0.4, 0.5) is 0 Å². The molecule has 0 aromatic heterocycles. The highest BCUT2D eigenvalue weighted by Crippen LogP contribution is 1.92. The number of hydrogen-bond acceptors (Lipinski definition) is 5. The Morgan fingerprint density at radius 1 is 1.27 bits per heavy atom. The van der Waals surface area contributed by atoms with Crippen molar-refractivity contribution in [2.24, 2.45) is 0 Å². The van der Waals surface area contributed by atoms with E-state index in [0.29, 0.717) is 4.90 Å². The first-order chi connectivity index (χ1) is 6.76. The Morgan fingerprint density at radius 2 is 1.80 bits per heavy atom. The normalized spacial score (nSPS) is 11.1. The Hall–Kier alpha value is -1.19. The molecule has 0 saturated carbocycles. The summed E-state index contributed by atoms with van der Waals surface area (Å²) >= 11 is 0. The molecule has 0 rings (SSSR count). The molecule has 0 aromatic rings. The van der Waals surface area contributed by atoms with E-state index in [2.05, 4.69) is 0 Å². The molecule has 0 radical (unpaired) electrons. The van der Waals surface area contributed by atoms with Gasteiger partial charge < -0.3 is 15.1 Å². The summed E-state index contributed by atoms with van der Waals surface area (Å²) in [5, 5.41) is 16.8. The third kappa shape index (κ3) is 6.82. The smallest absolute Gasteiger partial charge is 0.323 e. The second-order valence-electron chi connectivity index (χ2n) is 2.65. The predicted octanol–water partition coefficient (Wildman–Crippen LogP) is -2.22. The molecule has 0 unspecified atom stereocenters. The van der Waals surface area contributed by atoms with Crippen LogP contribution in [-0.2, 0) is 19.7 Å². The Balaban J connectivity index is 4.38. The summed E-state index contributed by atoms with van der Waals surface area (Å²) < 4.78 is 29.1. The van der Waals surface area contributed by atoms with Gasteiger partial charge in [0.1, 0.15) is 13.2 Å². The summed E-state index contributed by atoms with van der Waals surface area (Å²) in [6, 6.07) is 0. The molecular formula is C6H11NO7S. The maximum absolute atomic E-state index is 10.9. The number of rotatable bonds is 6. The van der Waals surface area contributed by atoms with Crippen molar-refractivity contribution < 1.29 is 32.8 Å². The first-order valence-electron chi connectivity index (χ1n) is 3.82. The highest BCUT2D eigenvalue weighted by Gasteiger charge is 2.18. The van der Waals surface area contributed by atoms with Crippen LogP contribution in [0.2, 0.25) is 0 Å². The van der Waals surface area contributed by atoms with Gasteiger partial charge in [-0.3, -0.25) is 14.1 Å². The molecule has 0 heterocycles. The number of nitrogens with zero attached hydrogens (tertiary/aromatic N) is 1. The van der Waals surface area contributed by atoms with Crippen molar-refractivity contribution in [3.8, 4) is 0 Å². The van der Waals surface area contributed by atoms with Gasteiger partial charge in [-0.15, -0.1) is 0 Å². The summed E-state index contributed by atoms with van der Waals surface area (Å²) in [6.07, 6.45) is 0. The maximum atomic E-state index is 10.9. The fraction of sp³-hybridized carbons (Fsp3) is 0.667. The summed E-state index contributed by atoms with van der Waals surface area (Å²) in [5.41, 5.74) is 0. The van der Waals surface area contributed by atoms with Crippen LogP contribution in [0.25, 0.3) is 0 Å². The van der Waals surface area contributed by atoms with E-state index in [1.54, 1.807) is 0 Å². The van der Waals surface area contributed by atoms with E-state index in [1.807, 2.05) is 0 Å². The number of aliphatic carboxylic acids is 1. The molecule has 3 N–H and O–H groups in total. The van der Waals surface area contributed by atoms with Crippen LogP contribution in [0.3, 0.4) is 0 Å². The molecular weight excluding hydrogens is 230 g/mol. The predicted molar refractivity (Wildman–Crippen MR) is 47.7 cm³/mol. The van der Waals surface area contributed by atoms with E-state index in [-0.39, 0.29) is 0 Å². The Morgan fingerprint density at radius 3 is 2.13 bits per heavy atom. The lowest BCUT2D eigenvalue weighted by atomic mass is 10.4. The van der Waals surface area contributed by atoms with Crippen LogP contribution in [0.5, 0.6) is 0 Å². The number of hydrogen-bond donors (Lipinski definition) is 3. The van der Waals surface area contributed by atoms with E-state index in [9.17, 15) is 18.0 Å². The van der Waals surface area contributed by atoms with Crippen molar-refractivity contribution in [1.29, 1.82) is 0 Å². The first kappa shape index (κ1) is 13.8. The van der Waals surface area contributed by atoms with Gasteiger partial charge >= 0.3 is 5.97 Å². The number of carbonyl (C=O) groups is 2. The molecule has 0 aliphatic rings. The van der Waals surface area contributed by atoms with Gasteiger partial charge in [-0.1, -0.05) is 0 Å². The van der Waals surface area contributed by atoms with Gasteiger partial charge in [0.15, 0.2) is 0 Å². The van der Waals surface area contributed by atoms with Gasteiger partial charge in [-0.25, -0.2) is 0 Å². The number of aliphatic hydroxyl groups is 1. The van der Waals surface area contributed by atoms with E-state index >= 15 is 0 Å². The summed E-state index contributed by atoms with van der Waals surface area (Å²) in [6.45, 7) is -2.13. The maximum Gasteiger partial charge on any atom is 0.323 e. The van der Waals surface area contributed by atoms with Crippen LogP contribution in [0, 0.1) is 0 Å².